The van der Waals surface area contributed by atoms with Crippen molar-refractivity contribution in [3.8, 4) is 34.1 Å². The molecule has 0 fully saturated rings. The molecule has 0 radical (unpaired) electrons. The van der Waals surface area contributed by atoms with Crippen molar-refractivity contribution >= 4 is 11.0 Å². The molecule has 0 aliphatic carbocycles. The molecule has 0 atom stereocenters. The number of hydrogen-bond acceptors (Lipinski definition) is 3. The number of fused-ring (bicyclic) bond motifs is 1. The maximum Gasteiger partial charge on any atom is 0.196 e. The zero-order valence-corrected chi connectivity index (χ0v) is 14.5. The Morgan fingerprint density at radius 3 is 1.70 bits per heavy atom. The van der Waals surface area contributed by atoms with Gasteiger partial charge in [-0.15, -0.1) is 0 Å². The quantitative estimate of drug-likeness (QED) is 0.388. The average Bonchev–Trinajstić information content (AvgIpc) is 3.19. The molecule has 128 valence electrons. The fourth-order valence-electron chi connectivity index (χ4n) is 3.16. The van der Waals surface area contributed by atoms with Crippen LogP contribution >= 0.6 is 0 Å². The SMILES string of the molecule is c1ccc(-c2cc(-c3ccccc3)nc(-c3cc4ccccc4o3)n2)cc1. The predicted molar refractivity (Wildman–Crippen MR) is 108 cm³/mol. The first-order chi connectivity index (χ1) is 13.4. The molecule has 0 N–H and O–H groups in total. The zero-order valence-electron chi connectivity index (χ0n) is 14.5. The van der Waals surface area contributed by atoms with Gasteiger partial charge in [0, 0.05) is 16.5 Å². The van der Waals surface area contributed by atoms with Gasteiger partial charge in [-0.1, -0.05) is 78.9 Å². The van der Waals surface area contributed by atoms with Gasteiger partial charge in [-0.25, -0.2) is 9.97 Å². The second-order valence-electron chi connectivity index (χ2n) is 6.34. The number of para-hydroxylation sites is 1. The van der Waals surface area contributed by atoms with Crippen LogP contribution < -0.4 is 0 Å². The van der Waals surface area contributed by atoms with Crippen LogP contribution in [0.15, 0.2) is 101 Å². The smallest absolute Gasteiger partial charge is 0.196 e. The molecule has 0 bridgehead atoms. The number of nitrogens with zero attached hydrogens (tertiary/aromatic N) is 2. The molecule has 2 heterocycles. The van der Waals surface area contributed by atoms with Gasteiger partial charge in [-0.3, -0.25) is 0 Å². The standard InChI is InChI=1S/C24H16N2O/c1-3-9-17(10-4-1)20-16-21(18-11-5-2-6-12-18)26-24(25-20)23-15-19-13-7-8-14-22(19)27-23/h1-16H. The molecule has 0 aliphatic heterocycles. The summed E-state index contributed by atoms with van der Waals surface area (Å²) in [6.45, 7) is 0. The van der Waals surface area contributed by atoms with E-state index in [0.717, 1.165) is 33.5 Å². The van der Waals surface area contributed by atoms with Gasteiger partial charge in [0.1, 0.15) is 5.58 Å². The number of aromatic nitrogens is 2. The first-order valence-corrected chi connectivity index (χ1v) is 8.86. The molecule has 0 unspecified atom stereocenters. The van der Waals surface area contributed by atoms with Crippen LogP contribution in [0.25, 0.3) is 45.1 Å². The molecule has 3 nitrogen and oxygen atoms in total. The van der Waals surface area contributed by atoms with E-state index in [0.29, 0.717) is 11.6 Å². The van der Waals surface area contributed by atoms with E-state index in [4.69, 9.17) is 14.4 Å². The minimum Gasteiger partial charge on any atom is -0.453 e. The fourth-order valence-corrected chi connectivity index (χ4v) is 3.16. The molecule has 0 spiro atoms. The lowest BCUT2D eigenvalue weighted by atomic mass is 10.1. The van der Waals surface area contributed by atoms with Crippen molar-refractivity contribution in [3.05, 3.63) is 97.1 Å². The third-order valence-corrected chi connectivity index (χ3v) is 4.51. The maximum absolute atomic E-state index is 6.01. The van der Waals surface area contributed by atoms with Gasteiger partial charge in [-0.05, 0) is 18.2 Å². The molecule has 3 aromatic carbocycles. The van der Waals surface area contributed by atoms with E-state index in [1.807, 2.05) is 72.8 Å². The summed E-state index contributed by atoms with van der Waals surface area (Å²) in [7, 11) is 0. The highest BCUT2D eigenvalue weighted by molar-refractivity contribution is 5.82. The van der Waals surface area contributed by atoms with Gasteiger partial charge in [0.05, 0.1) is 11.4 Å². The molecule has 5 aromatic rings. The van der Waals surface area contributed by atoms with Crippen molar-refractivity contribution in [2.45, 2.75) is 0 Å². The second kappa shape index (κ2) is 6.54. The van der Waals surface area contributed by atoms with Gasteiger partial charge in [-0.2, -0.15) is 0 Å². The van der Waals surface area contributed by atoms with Crippen molar-refractivity contribution in [2.24, 2.45) is 0 Å². The van der Waals surface area contributed by atoms with Crippen molar-refractivity contribution in [3.63, 3.8) is 0 Å². The van der Waals surface area contributed by atoms with Gasteiger partial charge in [0.2, 0.25) is 0 Å². The van der Waals surface area contributed by atoms with Gasteiger partial charge < -0.3 is 4.42 Å². The molecule has 0 saturated heterocycles. The number of furan rings is 1. The van der Waals surface area contributed by atoms with Crippen molar-refractivity contribution in [1.82, 2.24) is 9.97 Å². The molecule has 3 heteroatoms. The van der Waals surface area contributed by atoms with Crippen molar-refractivity contribution in [2.75, 3.05) is 0 Å². The lowest BCUT2D eigenvalue weighted by Crippen LogP contribution is -1.94. The number of hydrogen-bond donors (Lipinski definition) is 0. The second-order valence-corrected chi connectivity index (χ2v) is 6.34. The molecular formula is C24H16N2O. The third kappa shape index (κ3) is 3.00. The van der Waals surface area contributed by atoms with Crippen LogP contribution in [0, 0.1) is 0 Å². The van der Waals surface area contributed by atoms with Crippen LogP contribution in [0.2, 0.25) is 0 Å². The van der Waals surface area contributed by atoms with Crippen LogP contribution in [-0.4, -0.2) is 9.97 Å². The van der Waals surface area contributed by atoms with Gasteiger partial charge in [0.15, 0.2) is 11.6 Å². The Hall–Kier alpha value is -3.72. The van der Waals surface area contributed by atoms with E-state index in [9.17, 15) is 0 Å². The summed E-state index contributed by atoms with van der Waals surface area (Å²) in [5.41, 5.74) is 4.69. The van der Waals surface area contributed by atoms with Crippen molar-refractivity contribution < 1.29 is 4.42 Å². The van der Waals surface area contributed by atoms with Crippen LogP contribution in [-0.2, 0) is 0 Å². The van der Waals surface area contributed by atoms with Crippen LogP contribution in [0.1, 0.15) is 0 Å². The molecule has 0 saturated carbocycles. The van der Waals surface area contributed by atoms with Crippen molar-refractivity contribution in [1.29, 1.82) is 0 Å². The lowest BCUT2D eigenvalue weighted by molar-refractivity contribution is 0.625. The lowest BCUT2D eigenvalue weighted by Gasteiger charge is -2.07. The summed E-state index contributed by atoms with van der Waals surface area (Å²) in [6, 6.07) is 32.3. The Bertz CT molecular complexity index is 1120. The highest BCUT2D eigenvalue weighted by atomic mass is 16.3. The average molecular weight is 348 g/mol. The van der Waals surface area contributed by atoms with Gasteiger partial charge in [0.25, 0.3) is 0 Å². The summed E-state index contributed by atoms with van der Waals surface area (Å²) in [5.74, 6) is 1.26. The molecule has 27 heavy (non-hydrogen) atoms. The summed E-state index contributed by atoms with van der Waals surface area (Å²) >= 11 is 0. The van der Waals surface area contributed by atoms with E-state index in [1.54, 1.807) is 0 Å². The van der Waals surface area contributed by atoms with Crippen LogP contribution in [0.5, 0.6) is 0 Å². The summed E-state index contributed by atoms with van der Waals surface area (Å²) in [6.07, 6.45) is 0. The number of rotatable bonds is 3. The molecule has 0 amide bonds. The van der Waals surface area contributed by atoms with E-state index in [-0.39, 0.29) is 0 Å². The van der Waals surface area contributed by atoms with Crippen LogP contribution in [0.3, 0.4) is 0 Å². The number of benzene rings is 3. The first-order valence-electron chi connectivity index (χ1n) is 8.86. The normalized spacial score (nSPS) is 11.0. The molecular weight excluding hydrogens is 332 g/mol. The molecule has 2 aromatic heterocycles. The Labute approximate surface area is 157 Å². The Morgan fingerprint density at radius 2 is 1.11 bits per heavy atom. The fraction of sp³-hybridized carbons (Fsp3) is 0. The topological polar surface area (TPSA) is 38.9 Å². The Morgan fingerprint density at radius 1 is 0.556 bits per heavy atom. The summed E-state index contributed by atoms with van der Waals surface area (Å²) in [5, 5.41) is 1.04. The summed E-state index contributed by atoms with van der Waals surface area (Å²) in [4.78, 5) is 9.58. The molecule has 0 aliphatic rings. The monoisotopic (exact) mass is 348 g/mol. The minimum atomic E-state index is 0.589. The highest BCUT2D eigenvalue weighted by Gasteiger charge is 2.13. The third-order valence-electron chi connectivity index (χ3n) is 4.51. The predicted octanol–water partition coefficient (Wildman–Crippen LogP) is 6.22. The largest absolute Gasteiger partial charge is 0.453 e. The Balaban J connectivity index is 1.72. The van der Waals surface area contributed by atoms with E-state index in [2.05, 4.69) is 24.3 Å². The minimum absolute atomic E-state index is 0.589. The Kier molecular flexibility index (Phi) is 3.76. The van der Waals surface area contributed by atoms with E-state index < -0.39 is 0 Å². The maximum atomic E-state index is 6.01. The van der Waals surface area contributed by atoms with E-state index in [1.165, 1.54) is 0 Å². The highest BCUT2D eigenvalue weighted by Crippen LogP contribution is 2.30. The zero-order chi connectivity index (χ0) is 18.1. The molecule has 5 rings (SSSR count). The first kappa shape index (κ1) is 15.5. The van der Waals surface area contributed by atoms with E-state index >= 15 is 0 Å². The van der Waals surface area contributed by atoms with Gasteiger partial charge >= 0.3 is 0 Å². The van der Waals surface area contributed by atoms with Crippen LogP contribution in [0.4, 0.5) is 0 Å². The summed E-state index contributed by atoms with van der Waals surface area (Å²) < 4.78 is 6.01.